The zero-order valence-electron chi connectivity index (χ0n) is 16.2. The van der Waals surface area contributed by atoms with E-state index in [9.17, 15) is 14.4 Å². The number of pyridine rings is 1. The van der Waals surface area contributed by atoms with Gasteiger partial charge < -0.3 is 10.3 Å². The molecule has 1 aliphatic rings. The summed E-state index contributed by atoms with van der Waals surface area (Å²) in [4.78, 5) is 40.8. The Balaban J connectivity index is 1.51. The van der Waals surface area contributed by atoms with E-state index in [4.69, 9.17) is 10.3 Å². The van der Waals surface area contributed by atoms with Gasteiger partial charge in [-0.3, -0.25) is 24.3 Å². The molecule has 4 aromatic rings. The Morgan fingerprint density at radius 2 is 1.74 bits per heavy atom. The van der Waals surface area contributed by atoms with E-state index in [1.165, 1.54) is 4.57 Å². The number of nitrogens with two attached hydrogens (primary N) is 1. The number of rotatable bonds is 3. The summed E-state index contributed by atoms with van der Waals surface area (Å²) in [6.07, 6.45) is 0. The number of amides is 2. The van der Waals surface area contributed by atoms with E-state index < -0.39 is 17.4 Å². The van der Waals surface area contributed by atoms with Crippen LogP contribution in [0.2, 0.25) is 0 Å². The van der Waals surface area contributed by atoms with E-state index in [1.807, 2.05) is 31.2 Å². The minimum absolute atomic E-state index is 0.00614. The summed E-state index contributed by atoms with van der Waals surface area (Å²) in [6, 6.07) is 15.6. The highest BCUT2D eigenvalue weighted by atomic mass is 16.5. The van der Waals surface area contributed by atoms with Gasteiger partial charge in [-0.25, -0.2) is 0 Å². The van der Waals surface area contributed by atoms with Gasteiger partial charge in [-0.15, -0.1) is 0 Å². The number of nitrogen functional groups attached to an aromatic ring is 1. The highest BCUT2D eigenvalue weighted by Crippen LogP contribution is 2.26. The van der Waals surface area contributed by atoms with Gasteiger partial charge in [-0.1, -0.05) is 28.9 Å². The second-order valence-corrected chi connectivity index (χ2v) is 7.11. The van der Waals surface area contributed by atoms with Crippen molar-refractivity contribution in [1.82, 2.24) is 20.0 Å². The molecule has 0 atom stereocenters. The Labute approximate surface area is 175 Å². The van der Waals surface area contributed by atoms with Crippen molar-refractivity contribution in [3.8, 4) is 28.5 Å². The van der Waals surface area contributed by atoms with Crippen LogP contribution in [0.3, 0.4) is 0 Å². The monoisotopic (exact) mass is 413 g/mol. The summed E-state index contributed by atoms with van der Waals surface area (Å²) in [5.74, 6) is -0.567. The fourth-order valence-corrected chi connectivity index (χ4v) is 3.54. The molecule has 9 nitrogen and oxygen atoms in total. The van der Waals surface area contributed by atoms with Crippen molar-refractivity contribution in [3.05, 3.63) is 81.6 Å². The van der Waals surface area contributed by atoms with Crippen LogP contribution in [-0.4, -0.2) is 26.5 Å². The lowest BCUT2D eigenvalue weighted by molar-refractivity contribution is 0.0880. The molecule has 31 heavy (non-hydrogen) atoms. The third kappa shape index (κ3) is 2.99. The smallest absolute Gasteiger partial charge is 0.262 e. The van der Waals surface area contributed by atoms with Crippen LogP contribution in [0.5, 0.6) is 0 Å². The zero-order valence-corrected chi connectivity index (χ0v) is 16.2. The summed E-state index contributed by atoms with van der Waals surface area (Å²) < 4.78 is 6.55. The fourth-order valence-electron chi connectivity index (χ4n) is 3.54. The van der Waals surface area contributed by atoms with Crippen LogP contribution in [0, 0.1) is 6.92 Å². The molecular formula is C22H15N5O4. The first-order chi connectivity index (χ1) is 14.9. The van der Waals surface area contributed by atoms with E-state index in [0.29, 0.717) is 23.0 Å². The minimum Gasteiger partial charge on any atom is -0.384 e. The minimum atomic E-state index is -0.632. The number of imide groups is 1. The van der Waals surface area contributed by atoms with E-state index in [1.54, 1.807) is 24.3 Å². The summed E-state index contributed by atoms with van der Waals surface area (Å²) in [6.45, 7) is 1.98. The molecule has 0 aliphatic carbocycles. The molecule has 0 bridgehead atoms. The summed E-state index contributed by atoms with van der Waals surface area (Å²) in [5.41, 5.74) is 8.52. The average molecular weight is 413 g/mol. The van der Waals surface area contributed by atoms with Crippen molar-refractivity contribution in [3.63, 3.8) is 0 Å². The number of anilines is 1. The van der Waals surface area contributed by atoms with E-state index in [-0.39, 0.29) is 16.9 Å². The second-order valence-electron chi connectivity index (χ2n) is 7.11. The average Bonchev–Trinajstić information content (AvgIpc) is 3.34. The van der Waals surface area contributed by atoms with Gasteiger partial charge in [0, 0.05) is 17.2 Å². The molecule has 0 spiro atoms. The largest absolute Gasteiger partial charge is 0.384 e. The van der Waals surface area contributed by atoms with Crippen LogP contribution in [0.4, 0.5) is 5.82 Å². The molecule has 5 rings (SSSR count). The van der Waals surface area contributed by atoms with E-state index >= 15 is 0 Å². The van der Waals surface area contributed by atoms with Crippen molar-refractivity contribution in [1.29, 1.82) is 0 Å². The lowest BCUT2D eigenvalue weighted by Crippen LogP contribution is -2.24. The Morgan fingerprint density at radius 1 is 0.968 bits per heavy atom. The first-order valence-corrected chi connectivity index (χ1v) is 9.35. The maximum absolute atomic E-state index is 12.5. The predicted octanol–water partition coefficient (Wildman–Crippen LogP) is 2.33. The van der Waals surface area contributed by atoms with E-state index in [0.717, 1.165) is 17.2 Å². The molecule has 152 valence electrons. The molecular weight excluding hydrogens is 398 g/mol. The molecule has 2 aromatic heterocycles. The van der Waals surface area contributed by atoms with Gasteiger partial charge in [0.1, 0.15) is 5.82 Å². The van der Waals surface area contributed by atoms with Gasteiger partial charge in [0.15, 0.2) is 0 Å². The van der Waals surface area contributed by atoms with Gasteiger partial charge in [-0.2, -0.15) is 4.98 Å². The molecule has 0 unspecified atom stereocenters. The van der Waals surface area contributed by atoms with Gasteiger partial charge >= 0.3 is 0 Å². The lowest BCUT2D eigenvalue weighted by Gasteiger charge is -2.12. The molecule has 1 aliphatic heterocycles. The van der Waals surface area contributed by atoms with Crippen molar-refractivity contribution in [2.45, 2.75) is 6.92 Å². The number of aromatic nitrogens is 3. The van der Waals surface area contributed by atoms with Crippen LogP contribution in [0.1, 0.15) is 26.3 Å². The zero-order chi connectivity index (χ0) is 21.7. The number of hydrogen-bond acceptors (Lipinski definition) is 7. The molecule has 3 heterocycles. The van der Waals surface area contributed by atoms with Crippen LogP contribution in [-0.2, 0) is 0 Å². The lowest BCUT2D eigenvalue weighted by atomic mass is 10.1. The number of carbonyl (C=O) groups excluding carboxylic acids is 2. The van der Waals surface area contributed by atoms with Gasteiger partial charge in [0.25, 0.3) is 23.3 Å². The molecule has 9 heteroatoms. The number of nitrogens with one attached hydrogen (secondary N) is 1. The van der Waals surface area contributed by atoms with Gasteiger partial charge in [-0.05, 0) is 37.3 Å². The number of aryl methyl sites for hydroxylation is 1. The van der Waals surface area contributed by atoms with Crippen LogP contribution >= 0.6 is 0 Å². The number of hydrogen-bond donors (Lipinski definition) is 2. The molecule has 0 radical (unpaired) electrons. The van der Waals surface area contributed by atoms with Crippen molar-refractivity contribution in [2.75, 3.05) is 5.73 Å². The molecule has 0 fully saturated rings. The number of fused-ring (bicyclic) bond motifs is 1. The van der Waals surface area contributed by atoms with Gasteiger partial charge in [0.05, 0.1) is 16.8 Å². The van der Waals surface area contributed by atoms with Crippen LogP contribution in [0.15, 0.2) is 63.9 Å². The fraction of sp³-hybridized carbons (Fsp3) is 0.0455. The highest BCUT2D eigenvalue weighted by molar-refractivity contribution is 6.23. The first kappa shape index (κ1) is 18.5. The highest BCUT2D eigenvalue weighted by Gasteiger charge is 2.31. The Kier molecular flexibility index (Phi) is 4.04. The SMILES string of the molecule is Cc1cccc(-c2noc(-c3ccc(-n4c(N)c5c(cc4=O)C(=O)NC5=O)cc3)n2)c1. The Morgan fingerprint density at radius 3 is 2.48 bits per heavy atom. The quantitative estimate of drug-likeness (QED) is 0.492. The maximum atomic E-state index is 12.5. The van der Waals surface area contributed by atoms with Crippen molar-refractivity contribution in [2.24, 2.45) is 0 Å². The first-order valence-electron chi connectivity index (χ1n) is 9.35. The van der Waals surface area contributed by atoms with Crippen molar-refractivity contribution >= 4 is 17.6 Å². The van der Waals surface area contributed by atoms with Crippen LogP contribution in [0.25, 0.3) is 28.5 Å². The summed E-state index contributed by atoms with van der Waals surface area (Å²) >= 11 is 0. The number of carbonyl (C=O) groups is 2. The Bertz CT molecular complexity index is 1430. The van der Waals surface area contributed by atoms with Crippen molar-refractivity contribution < 1.29 is 14.1 Å². The predicted molar refractivity (Wildman–Crippen MR) is 112 cm³/mol. The number of nitrogens with zero attached hydrogens (tertiary/aromatic N) is 3. The normalized spacial score (nSPS) is 12.7. The maximum Gasteiger partial charge on any atom is 0.262 e. The molecule has 2 aromatic carbocycles. The third-order valence-electron chi connectivity index (χ3n) is 5.03. The molecule has 0 saturated heterocycles. The van der Waals surface area contributed by atoms with Crippen LogP contribution < -0.4 is 16.6 Å². The molecule has 0 saturated carbocycles. The third-order valence-corrected chi connectivity index (χ3v) is 5.03. The standard InChI is InChI=1S/C22H15N5O4/c1-11-3-2-4-13(9-11)19-24-22(31-26-19)12-5-7-14(8-6-12)27-16(28)10-15-17(18(27)23)21(30)25-20(15)29/h2-10H,23H2,1H3,(H,25,29,30). The summed E-state index contributed by atoms with van der Waals surface area (Å²) in [5, 5.41) is 6.17. The Hall–Kier alpha value is -4.53. The summed E-state index contributed by atoms with van der Waals surface area (Å²) in [7, 11) is 0. The number of benzene rings is 2. The van der Waals surface area contributed by atoms with Gasteiger partial charge in [0.2, 0.25) is 5.82 Å². The molecule has 3 N–H and O–H groups in total. The second kappa shape index (κ2) is 6.77. The van der Waals surface area contributed by atoms with E-state index in [2.05, 4.69) is 15.5 Å². The topological polar surface area (TPSA) is 133 Å². The molecule has 2 amide bonds.